The van der Waals surface area contributed by atoms with Crippen molar-refractivity contribution in [1.29, 1.82) is 0 Å². The molecule has 5 rings (SSSR count). The molecule has 0 saturated carbocycles. The topological polar surface area (TPSA) is 95.9 Å². The fourth-order valence-corrected chi connectivity index (χ4v) is 6.09. The third-order valence-electron chi connectivity index (χ3n) is 8.42. The van der Waals surface area contributed by atoms with Crippen LogP contribution in [0.25, 0.3) is 0 Å². The van der Waals surface area contributed by atoms with Crippen molar-refractivity contribution < 1.29 is 19.1 Å². The van der Waals surface area contributed by atoms with Crippen LogP contribution in [0.15, 0.2) is 73.2 Å². The van der Waals surface area contributed by atoms with Gasteiger partial charge < -0.3 is 19.4 Å². The number of amides is 3. The normalized spacial score (nSPS) is 18.1. The lowest BCUT2D eigenvalue weighted by molar-refractivity contribution is -0.133. The molecule has 1 aromatic heterocycles. The highest BCUT2D eigenvalue weighted by Crippen LogP contribution is 2.38. The smallest absolute Gasteiger partial charge is 0.274 e. The second-order valence-electron chi connectivity index (χ2n) is 11.4. The highest BCUT2D eigenvalue weighted by molar-refractivity contribution is 5.94. The van der Waals surface area contributed by atoms with E-state index >= 15 is 0 Å². The maximum absolute atomic E-state index is 13.5. The van der Waals surface area contributed by atoms with Gasteiger partial charge in [-0.2, -0.15) is 0 Å². The largest absolute Gasteiger partial charge is 0.494 e. The van der Waals surface area contributed by atoms with E-state index in [1.165, 1.54) is 12.4 Å². The van der Waals surface area contributed by atoms with Crippen molar-refractivity contribution in [2.75, 3.05) is 46.4 Å². The number of piperidine rings is 1. The molecule has 0 unspecified atom stereocenters. The lowest BCUT2D eigenvalue weighted by atomic mass is 9.74. The molecule has 1 fully saturated rings. The van der Waals surface area contributed by atoms with E-state index in [2.05, 4.69) is 9.97 Å². The molecule has 220 valence electrons. The van der Waals surface area contributed by atoms with Gasteiger partial charge in [0.05, 0.1) is 19.2 Å². The van der Waals surface area contributed by atoms with Gasteiger partial charge in [-0.1, -0.05) is 36.4 Å². The Hall–Kier alpha value is -4.27. The SMILES string of the molecule is CN1CC2(CCCN(C(=O)c3cnccn3)CCCOc3cccc(c3)C1=O)CCN(C(=O)Cc1ccccc1)CC2. The molecular formula is C33H39N5O4. The maximum Gasteiger partial charge on any atom is 0.274 e. The molecular weight excluding hydrogens is 530 g/mol. The quantitative estimate of drug-likeness (QED) is 0.471. The predicted molar refractivity (Wildman–Crippen MR) is 159 cm³/mol. The molecule has 0 aliphatic carbocycles. The van der Waals surface area contributed by atoms with Crippen LogP contribution >= 0.6 is 0 Å². The summed E-state index contributed by atoms with van der Waals surface area (Å²) in [6.45, 7) is 3.41. The van der Waals surface area contributed by atoms with Gasteiger partial charge in [-0.15, -0.1) is 0 Å². The first-order valence-electron chi connectivity index (χ1n) is 14.8. The van der Waals surface area contributed by atoms with Gasteiger partial charge in [0.2, 0.25) is 5.91 Å². The van der Waals surface area contributed by atoms with Crippen LogP contribution in [-0.4, -0.2) is 88.8 Å². The van der Waals surface area contributed by atoms with E-state index in [-0.39, 0.29) is 23.1 Å². The van der Waals surface area contributed by atoms with Gasteiger partial charge in [0.15, 0.2) is 0 Å². The van der Waals surface area contributed by atoms with Crippen LogP contribution in [0.4, 0.5) is 0 Å². The molecule has 1 saturated heterocycles. The van der Waals surface area contributed by atoms with E-state index in [1.807, 2.05) is 70.3 Å². The predicted octanol–water partition coefficient (Wildman–Crippen LogP) is 4.11. The number of hydrogen-bond donors (Lipinski definition) is 0. The number of fused-ring (bicyclic) bond motifs is 2. The number of ether oxygens (including phenoxy) is 1. The van der Waals surface area contributed by atoms with Crippen molar-refractivity contribution in [2.24, 2.45) is 5.41 Å². The summed E-state index contributed by atoms with van der Waals surface area (Å²) in [4.78, 5) is 53.9. The van der Waals surface area contributed by atoms with Gasteiger partial charge in [0, 0.05) is 57.7 Å². The standard InChI is InChI=1S/C33H39N5O4/c1-36-25-33(13-19-37(20-14-33)30(39)22-26-8-3-2-4-9-26)12-6-17-38(32(41)29-24-34-15-16-35-29)18-7-21-42-28-11-5-10-27(23-28)31(36)40/h2-5,8-11,15-16,23-24H,6-7,12-14,17-22,25H2,1H3. The van der Waals surface area contributed by atoms with E-state index in [0.29, 0.717) is 69.2 Å². The van der Waals surface area contributed by atoms with Gasteiger partial charge in [-0.3, -0.25) is 19.4 Å². The third kappa shape index (κ3) is 7.32. The zero-order chi connectivity index (χ0) is 29.4. The van der Waals surface area contributed by atoms with Crippen LogP contribution in [0.3, 0.4) is 0 Å². The Bertz CT molecular complexity index is 1360. The minimum atomic E-state index is -0.163. The Morgan fingerprint density at radius 2 is 1.69 bits per heavy atom. The molecule has 42 heavy (non-hydrogen) atoms. The number of carbonyl (C=O) groups is 3. The molecule has 2 aromatic carbocycles. The van der Waals surface area contributed by atoms with Crippen LogP contribution in [0.2, 0.25) is 0 Å². The molecule has 9 nitrogen and oxygen atoms in total. The lowest BCUT2D eigenvalue weighted by Gasteiger charge is -2.44. The summed E-state index contributed by atoms with van der Waals surface area (Å²) in [6, 6.07) is 17.1. The summed E-state index contributed by atoms with van der Waals surface area (Å²) < 4.78 is 5.95. The summed E-state index contributed by atoms with van der Waals surface area (Å²) in [5.41, 5.74) is 1.77. The summed E-state index contributed by atoms with van der Waals surface area (Å²) in [7, 11) is 1.85. The summed E-state index contributed by atoms with van der Waals surface area (Å²) in [5.74, 6) is 0.583. The fraction of sp³-hybridized carbons (Fsp3) is 0.424. The minimum Gasteiger partial charge on any atom is -0.494 e. The highest BCUT2D eigenvalue weighted by Gasteiger charge is 2.38. The first-order chi connectivity index (χ1) is 20.4. The van der Waals surface area contributed by atoms with Crippen LogP contribution in [0.1, 0.15) is 58.5 Å². The van der Waals surface area contributed by atoms with Crippen LogP contribution in [0.5, 0.6) is 5.75 Å². The third-order valence-corrected chi connectivity index (χ3v) is 8.42. The molecule has 0 N–H and O–H groups in total. The minimum absolute atomic E-state index is 0.0447. The molecule has 3 aromatic rings. The molecule has 0 radical (unpaired) electrons. The maximum atomic E-state index is 13.5. The van der Waals surface area contributed by atoms with E-state index < -0.39 is 0 Å². The Balaban J connectivity index is 1.33. The van der Waals surface area contributed by atoms with Gasteiger partial charge in [-0.05, 0) is 61.3 Å². The first-order valence-corrected chi connectivity index (χ1v) is 14.8. The number of likely N-dealkylation sites (tertiary alicyclic amines) is 1. The van der Waals surface area contributed by atoms with Crippen molar-refractivity contribution >= 4 is 17.7 Å². The number of nitrogens with zero attached hydrogens (tertiary/aromatic N) is 5. The Kier molecular flexibility index (Phi) is 9.46. The van der Waals surface area contributed by atoms with Crippen molar-refractivity contribution in [2.45, 2.75) is 38.5 Å². The number of carbonyl (C=O) groups excluding carboxylic acids is 3. The molecule has 2 bridgehead atoms. The van der Waals surface area contributed by atoms with E-state index in [4.69, 9.17) is 4.74 Å². The second-order valence-corrected chi connectivity index (χ2v) is 11.4. The summed E-state index contributed by atoms with van der Waals surface area (Å²) in [6.07, 6.45) is 8.85. The van der Waals surface area contributed by atoms with Gasteiger partial charge in [0.25, 0.3) is 11.8 Å². The van der Waals surface area contributed by atoms with Crippen LogP contribution in [-0.2, 0) is 11.2 Å². The van der Waals surface area contributed by atoms with Gasteiger partial charge in [0.1, 0.15) is 11.4 Å². The summed E-state index contributed by atoms with van der Waals surface area (Å²) >= 11 is 0. The molecule has 2 aliphatic rings. The lowest BCUT2D eigenvalue weighted by Crippen LogP contribution is -2.49. The second kappa shape index (κ2) is 13.6. The zero-order valence-electron chi connectivity index (χ0n) is 24.3. The van der Waals surface area contributed by atoms with Crippen LogP contribution in [0, 0.1) is 5.41 Å². The van der Waals surface area contributed by atoms with Crippen LogP contribution < -0.4 is 4.74 Å². The number of hydrogen-bond acceptors (Lipinski definition) is 6. The molecule has 9 heteroatoms. The molecule has 2 aliphatic heterocycles. The monoisotopic (exact) mass is 569 g/mol. The molecule has 0 atom stereocenters. The van der Waals surface area contributed by atoms with E-state index in [0.717, 1.165) is 31.2 Å². The fourth-order valence-electron chi connectivity index (χ4n) is 6.09. The van der Waals surface area contributed by atoms with Crippen molar-refractivity contribution in [3.05, 3.63) is 90.0 Å². The Morgan fingerprint density at radius 1 is 0.905 bits per heavy atom. The molecule has 3 heterocycles. The summed E-state index contributed by atoms with van der Waals surface area (Å²) in [5, 5.41) is 0. The van der Waals surface area contributed by atoms with Gasteiger partial charge >= 0.3 is 0 Å². The molecule has 1 spiro atoms. The highest BCUT2D eigenvalue weighted by atomic mass is 16.5. The number of aromatic nitrogens is 2. The number of benzene rings is 2. The Labute approximate surface area is 247 Å². The van der Waals surface area contributed by atoms with Crippen molar-refractivity contribution in [3.63, 3.8) is 0 Å². The average Bonchev–Trinajstić information content (AvgIpc) is 3.02. The Morgan fingerprint density at radius 3 is 2.45 bits per heavy atom. The van der Waals surface area contributed by atoms with Crippen molar-refractivity contribution in [1.82, 2.24) is 24.7 Å². The van der Waals surface area contributed by atoms with Crippen molar-refractivity contribution in [3.8, 4) is 5.75 Å². The number of rotatable bonds is 3. The average molecular weight is 570 g/mol. The zero-order valence-corrected chi connectivity index (χ0v) is 24.3. The van der Waals surface area contributed by atoms with E-state index in [9.17, 15) is 14.4 Å². The molecule has 3 amide bonds. The first kappa shape index (κ1) is 29.2. The van der Waals surface area contributed by atoms with Gasteiger partial charge in [-0.25, -0.2) is 4.98 Å². The van der Waals surface area contributed by atoms with E-state index in [1.54, 1.807) is 12.3 Å².